The van der Waals surface area contributed by atoms with Gasteiger partial charge >= 0.3 is 5.97 Å². The molecule has 1 aromatic heterocycles. The van der Waals surface area contributed by atoms with Gasteiger partial charge in [-0.2, -0.15) is 0 Å². The number of amides is 1. The van der Waals surface area contributed by atoms with E-state index in [0.717, 1.165) is 31.6 Å². The molecule has 0 atom stereocenters. The van der Waals surface area contributed by atoms with Crippen molar-refractivity contribution < 1.29 is 14.7 Å². The second kappa shape index (κ2) is 7.72. The lowest BCUT2D eigenvalue weighted by molar-refractivity contribution is -0.137. The zero-order valence-corrected chi connectivity index (χ0v) is 15.1. The van der Waals surface area contributed by atoms with Crippen LogP contribution in [0.15, 0.2) is 23.1 Å². The highest BCUT2D eigenvalue weighted by Crippen LogP contribution is 2.23. The van der Waals surface area contributed by atoms with E-state index in [9.17, 15) is 14.4 Å². The number of hydrogen-bond acceptors (Lipinski definition) is 4. The number of anilines is 1. The van der Waals surface area contributed by atoms with Gasteiger partial charge in [0.15, 0.2) is 0 Å². The van der Waals surface area contributed by atoms with Gasteiger partial charge in [0.2, 0.25) is 5.91 Å². The van der Waals surface area contributed by atoms with Crippen molar-refractivity contribution in [2.24, 2.45) is 5.92 Å². The van der Waals surface area contributed by atoms with E-state index in [1.165, 1.54) is 10.6 Å². The smallest absolute Gasteiger partial charge is 0.305 e. The van der Waals surface area contributed by atoms with Crippen molar-refractivity contribution >= 4 is 17.6 Å². The van der Waals surface area contributed by atoms with Gasteiger partial charge in [0.25, 0.3) is 5.56 Å². The largest absolute Gasteiger partial charge is 0.481 e. The highest BCUT2D eigenvalue weighted by atomic mass is 16.4. The average molecular weight is 349 g/mol. The fraction of sp³-hybridized carbons (Fsp3) is 0.611. The van der Waals surface area contributed by atoms with Crippen molar-refractivity contribution in [3.8, 4) is 0 Å². The quantitative estimate of drug-likeness (QED) is 0.810. The summed E-state index contributed by atoms with van der Waals surface area (Å²) in [6.45, 7) is 7.47. The molecule has 138 valence electrons. The predicted octanol–water partition coefficient (Wildman–Crippen LogP) is 1.41. The molecule has 0 unspecified atom stereocenters. The fourth-order valence-corrected chi connectivity index (χ4v) is 2.98. The molecule has 2 heterocycles. The summed E-state index contributed by atoms with van der Waals surface area (Å²) >= 11 is 0. The number of nitrogens with one attached hydrogen (secondary N) is 1. The summed E-state index contributed by atoms with van der Waals surface area (Å²) in [6, 6.07) is 3.28. The van der Waals surface area contributed by atoms with E-state index in [2.05, 4.69) is 17.1 Å². The van der Waals surface area contributed by atoms with E-state index < -0.39 is 11.5 Å². The van der Waals surface area contributed by atoms with Gasteiger partial charge in [-0.25, -0.2) is 0 Å². The van der Waals surface area contributed by atoms with Gasteiger partial charge in [-0.15, -0.1) is 0 Å². The van der Waals surface area contributed by atoms with Crippen LogP contribution < -0.4 is 15.8 Å². The maximum Gasteiger partial charge on any atom is 0.305 e. The van der Waals surface area contributed by atoms with Crippen LogP contribution in [0.5, 0.6) is 0 Å². The molecule has 7 heteroatoms. The summed E-state index contributed by atoms with van der Waals surface area (Å²) in [5.41, 5.74) is -0.431. The number of carbonyl (C=O) groups excluding carboxylic acids is 1. The van der Waals surface area contributed by atoms with Gasteiger partial charge in [0, 0.05) is 31.9 Å². The van der Waals surface area contributed by atoms with Crippen LogP contribution in [-0.2, 0) is 15.1 Å². The Hall–Kier alpha value is -2.31. The molecule has 1 aromatic rings. The lowest BCUT2D eigenvalue weighted by atomic mass is 9.99. The van der Waals surface area contributed by atoms with Crippen molar-refractivity contribution in [2.75, 3.05) is 24.5 Å². The third-order valence-corrected chi connectivity index (χ3v) is 4.83. The number of carbonyl (C=O) groups is 2. The maximum atomic E-state index is 12.5. The van der Waals surface area contributed by atoms with E-state index in [-0.39, 0.29) is 24.4 Å². The number of piperidine rings is 1. The Kier molecular flexibility index (Phi) is 5.87. The molecule has 0 bridgehead atoms. The molecule has 1 fully saturated rings. The van der Waals surface area contributed by atoms with Crippen molar-refractivity contribution in [3.63, 3.8) is 0 Å². The average Bonchev–Trinajstić information content (AvgIpc) is 2.55. The highest BCUT2D eigenvalue weighted by molar-refractivity contribution is 5.84. The van der Waals surface area contributed by atoms with Gasteiger partial charge in [-0.05, 0) is 38.7 Å². The monoisotopic (exact) mass is 349 g/mol. The Bertz CT molecular complexity index is 688. The lowest BCUT2D eigenvalue weighted by Gasteiger charge is -2.33. The third-order valence-electron chi connectivity index (χ3n) is 4.83. The van der Waals surface area contributed by atoms with Crippen molar-refractivity contribution in [1.29, 1.82) is 0 Å². The first-order valence-electron chi connectivity index (χ1n) is 8.70. The number of carboxylic acids is 1. The van der Waals surface area contributed by atoms with E-state index in [1.807, 2.05) is 0 Å². The molecule has 0 aromatic carbocycles. The molecule has 25 heavy (non-hydrogen) atoms. The van der Waals surface area contributed by atoms with E-state index >= 15 is 0 Å². The zero-order chi connectivity index (χ0) is 18.6. The molecule has 0 saturated carbocycles. The van der Waals surface area contributed by atoms with Gasteiger partial charge in [0.1, 0.15) is 5.54 Å². The molecular weight excluding hydrogens is 322 g/mol. The minimum absolute atomic E-state index is 0.0377. The molecule has 1 amide bonds. The summed E-state index contributed by atoms with van der Waals surface area (Å²) in [4.78, 5) is 37.6. The predicted molar refractivity (Wildman–Crippen MR) is 95.9 cm³/mol. The van der Waals surface area contributed by atoms with Gasteiger partial charge < -0.3 is 15.3 Å². The molecule has 0 radical (unpaired) electrons. The normalized spacial score (nSPS) is 15.9. The number of rotatable bonds is 6. The van der Waals surface area contributed by atoms with E-state index in [1.54, 1.807) is 26.1 Å². The topological polar surface area (TPSA) is 91.6 Å². The van der Waals surface area contributed by atoms with Gasteiger partial charge in [-0.3, -0.25) is 19.0 Å². The summed E-state index contributed by atoms with van der Waals surface area (Å²) in [7, 11) is 0. The first-order valence-corrected chi connectivity index (χ1v) is 8.70. The molecule has 7 nitrogen and oxygen atoms in total. The van der Waals surface area contributed by atoms with Crippen LogP contribution in [0.4, 0.5) is 5.69 Å². The number of carboxylic acid groups (broad SMARTS) is 1. The summed E-state index contributed by atoms with van der Waals surface area (Å²) < 4.78 is 1.43. The molecule has 1 aliphatic rings. The second-order valence-corrected chi connectivity index (χ2v) is 7.22. The Morgan fingerprint density at radius 2 is 1.92 bits per heavy atom. The molecule has 2 N–H and O–H groups in total. The molecular formula is C18H27N3O4. The Labute approximate surface area is 147 Å². The van der Waals surface area contributed by atoms with E-state index in [0.29, 0.717) is 5.92 Å². The maximum absolute atomic E-state index is 12.5. The SMILES string of the molecule is CC1CCN(c2ccc(=O)n(C(C)(C)C(=O)NCCC(=O)O)c2)CC1. The molecule has 0 spiro atoms. The summed E-state index contributed by atoms with van der Waals surface area (Å²) in [6.07, 6.45) is 3.80. The van der Waals surface area contributed by atoms with Gasteiger partial charge in [0.05, 0.1) is 12.1 Å². The third kappa shape index (κ3) is 4.61. The molecule has 1 aliphatic heterocycles. The van der Waals surface area contributed by atoms with Crippen LogP contribution >= 0.6 is 0 Å². The summed E-state index contributed by atoms with van der Waals surface area (Å²) in [5.74, 6) is -0.643. The highest BCUT2D eigenvalue weighted by Gasteiger charge is 2.31. The Balaban J connectivity index is 2.18. The van der Waals surface area contributed by atoms with Crippen molar-refractivity contribution in [2.45, 2.75) is 45.6 Å². The number of aliphatic carboxylic acids is 1. The second-order valence-electron chi connectivity index (χ2n) is 7.22. The Morgan fingerprint density at radius 1 is 1.28 bits per heavy atom. The van der Waals surface area contributed by atoms with Crippen LogP contribution in [0.2, 0.25) is 0 Å². The van der Waals surface area contributed by atoms with E-state index in [4.69, 9.17) is 5.11 Å². The Morgan fingerprint density at radius 3 is 2.52 bits per heavy atom. The lowest BCUT2D eigenvalue weighted by Crippen LogP contribution is -2.49. The zero-order valence-electron chi connectivity index (χ0n) is 15.1. The fourth-order valence-electron chi connectivity index (χ4n) is 2.98. The van der Waals surface area contributed by atoms with Crippen LogP contribution in [0.3, 0.4) is 0 Å². The first-order chi connectivity index (χ1) is 11.7. The van der Waals surface area contributed by atoms with Gasteiger partial charge in [-0.1, -0.05) is 6.92 Å². The minimum atomic E-state index is -1.10. The first kappa shape index (κ1) is 19.0. The number of hydrogen-bond donors (Lipinski definition) is 2. The van der Waals surface area contributed by atoms with Crippen LogP contribution in [-0.4, -0.2) is 41.2 Å². The summed E-state index contributed by atoms with van der Waals surface area (Å²) in [5, 5.41) is 11.3. The molecule has 1 saturated heterocycles. The van der Waals surface area contributed by atoms with Crippen molar-refractivity contribution in [3.05, 3.63) is 28.7 Å². The number of aromatic nitrogens is 1. The van der Waals surface area contributed by atoms with Crippen molar-refractivity contribution in [1.82, 2.24) is 9.88 Å². The minimum Gasteiger partial charge on any atom is -0.481 e. The molecule has 2 rings (SSSR count). The standard InChI is InChI=1S/C18H27N3O4/c1-13-7-10-20(11-8-13)14-4-5-15(22)21(12-14)18(2,3)17(25)19-9-6-16(23)24/h4-5,12-13H,6-11H2,1-3H3,(H,19,25)(H,23,24). The number of pyridine rings is 1. The number of nitrogens with zero attached hydrogens (tertiary/aromatic N) is 2. The van der Waals surface area contributed by atoms with Crippen LogP contribution in [0.25, 0.3) is 0 Å². The molecule has 0 aliphatic carbocycles. The van der Waals surface area contributed by atoms with Crippen LogP contribution in [0.1, 0.15) is 40.0 Å². The van der Waals surface area contributed by atoms with Crippen LogP contribution in [0, 0.1) is 5.92 Å².